The van der Waals surface area contributed by atoms with Crippen LogP contribution >= 0.6 is 34.5 Å². The average molecular weight is 610 g/mol. The lowest BCUT2D eigenvalue weighted by Crippen LogP contribution is -2.34. The van der Waals surface area contributed by atoms with Crippen molar-refractivity contribution >= 4 is 51.9 Å². The third kappa shape index (κ3) is 6.62. The molecule has 3 aromatic carbocycles. The highest BCUT2D eigenvalue weighted by atomic mass is 35.5. The Kier molecular flexibility index (Phi) is 9.03. The maximum atomic E-state index is 11.8. The number of carbonyl (C=O) groups excluding carboxylic acids is 1. The number of halogens is 2. The summed E-state index contributed by atoms with van der Waals surface area (Å²) in [5.41, 5.74) is 4.33. The number of carbonyl (C=O) groups is 1. The highest BCUT2D eigenvalue weighted by molar-refractivity contribution is 7.09. The number of aromatic nitrogens is 2. The average Bonchev–Trinajstić information content (AvgIpc) is 3.51. The molecule has 0 saturated carbocycles. The van der Waals surface area contributed by atoms with Crippen LogP contribution in [0.15, 0.2) is 72.9 Å². The summed E-state index contributed by atoms with van der Waals surface area (Å²) in [6.07, 6.45) is 3.69. The lowest BCUT2D eigenvalue weighted by atomic mass is 9.93. The normalized spacial score (nSPS) is 14.2. The summed E-state index contributed by atoms with van der Waals surface area (Å²) in [6, 6.07) is 20.8. The van der Waals surface area contributed by atoms with Gasteiger partial charge in [0.05, 0.1) is 19.7 Å². The Hall–Kier alpha value is -3.72. The minimum Gasteiger partial charge on any atom is -0.497 e. The third-order valence-corrected chi connectivity index (χ3v) is 8.31. The van der Waals surface area contributed by atoms with Gasteiger partial charge in [-0.2, -0.15) is 0 Å². The Morgan fingerprint density at radius 3 is 2.41 bits per heavy atom. The molecule has 1 amide bonds. The molecule has 0 unspecified atom stereocenters. The molecule has 3 heterocycles. The number of hydrogen-bond acceptors (Lipinski definition) is 5. The van der Waals surface area contributed by atoms with Gasteiger partial charge >= 0.3 is 0 Å². The lowest BCUT2D eigenvalue weighted by Gasteiger charge is -2.33. The third-order valence-electron chi connectivity index (χ3n) is 6.96. The van der Waals surface area contributed by atoms with Crippen LogP contribution in [0.25, 0.3) is 10.9 Å². The summed E-state index contributed by atoms with van der Waals surface area (Å²) in [5, 5.41) is 10.5. The molecule has 212 valence electrons. The Bertz CT molecular complexity index is 1690. The molecule has 0 bridgehead atoms. The maximum Gasteiger partial charge on any atom is 0.210 e. The van der Waals surface area contributed by atoms with Crippen LogP contribution in [0.3, 0.4) is 0 Å². The zero-order valence-electron chi connectivity index (χ0n) is 22.7. The lowest BCUT2D eigenvalue weighted by molar-refractivity contribution is -0.120. The highest BCUT2D eigenvalue weighted by Gasteiger charge is 2.31. The first-order chi connectivity index (χ1) is 19.9. The number of ether oxygens (including phenoxy) is 2. The SMILES string of the molecule is COc1ccc(Cl)cc1.Cc1cn(CCOc2ccc([C@H]3c4[nH]c5ccc(Cl)cc5c4CCN3C=O)cc2)c(=N)s1. The first-order valence-corrected chi connectivity index (χ1v) is 14.7. The van der Waals surface area contributed by atoms with Gasteiger partial charge in [0, 0.05) is 44.3 Å². The van der Waals surface area contributed by atoms with E-state index in [1.165, 1.54) is 16.9 Å². The monoisotopic (exact) mass is 608 g/mol. The summed E-state index contributed by atoms with van der Waals surface area (Å²) in [6.45, 7) is 3.78. The summed E-state index contributed by atoms with van der Waals surface area (Å²) in [5.74, 6) is 1.60. The number of hydrogen-bond donors (Lipinski definition) is 2. The molecule has 5 aromatic rings. The van der Waals surface area contributed by atoms with E-state index >= 15 is 0 Å². The number of amides is 1. The molecule has 41 heavy (non-hydrogen) atoms. The van der Waals surface area contributed by atoms with E-state index in [-0.39, 0.29) is 6.04 Å². The van der Waals surface area contributed by atoms with Crippen LogP contribution < -0.4 is 14.3 Å². The number of nitrogens with one attached hydrogen (secondary N) is 2. The summed E-state index contributed by atoms with van der Waals surface area (Å²) >= 11 is 13.3. The van der Waals surface area contributed by atoms with Gasteiger partial charge in [0.2, 0.25) is 6.41 Å². The predicted molar refractivity (Wildman–Crippen MR) is 164 cm³/mol. The molecule has 2 aromatic heterocycles. The van der Waals surface area contributed by atoms with Gasteiger partial charge in [0.15, 0.2) is 4.80 Å². The largest absolute Gasteiger partial charge is 0.497 e. The van der Waals surface area contributed by atoms with Gasteiger partial charge in [-0.25, -0.2) is 0 Å². The number of nitrogens with zero attached hydrogens (tertiary/aromatic N) is 2. The number of methoxy groups -OCH3 is 1. The van der Waals surface area contributed by atoms with Gasteiger partial charge in [0.1, 0.15) is 18.1 Å². The minimum absolute atomic E-state index is 0.174. The van der Waals surface area contributed by atoms with E-state index in [1.54, 1.807) is 19.2 Å². The number of aryl methyl sites for hydroxylation is 1. The van der Waals surface area contributed by atoms with Gasteiger partial charge in [0.25, 0.3) is 0 Å². The zero-order valence-corrected chi connectivity index (χ0v) is 25.0. The molecule has 2 N–H and O–H groups in total. The van der Waals surface area contributed by atoms with Crippen molar-refractivity contribution in [2.45, 2.75) is 25.9 Å². The molecule has 7 nitrogen and oxygen atoms in total. The van der Waals surface area contributed by atoms with Crippen LogP contribution in [0.2, 0.25) is 10.0 Å². The van der Waals surface area contributed by atoms with Crippen molar-refractivity contribution in [1.82, 2.24) is 14.5 Å². The van der Waals surface area contributed by atoms with Crippen LogP contribution in [-0.4, -0.2) is 41.1 Å². The maximum absolute atomic E-state index is 11.8. The van der Waals surface area contributed by atoms with Gasteiger partial charge in [-0.3, -0.25) is 10.2 Å². The van der Waals surface area contributed by atoms with E-state index in [0.29, 0.717) is 29.5 Å². The Morgan fingerprint density at radius 2 is 1.76 bits per heavy atom. The topological polar surface area (TPSA) is 83.3 Å². The number of fused-ring (bicyclic) bond motifs is 3. The molecule has 0 saturated heterocycles. The van der Waals surface area contributed by atoms with E-state index in [4.69, 9.17) is 38.1 Å². The van der Waals surface area contributed by atoms with Crippen molar-refractivity contribution in [3.63, 3.8) is 0 Å². The number of rotatable bonds is 7. The molecule has 0 fully saturated rings. The molecule has 0 radical (unpaired) electrons. The van der Waals surface area contributed by atoms with E-state index < -0.39 is 0 Å². The smallest absolute Gasteiger partial charge is 0.210 e. The molecule has 0 aliphatic carbocycles. The van der Waals surface area contributed by atoms with Crippen molar-refractivity contribution in [2.24, 2.45) is 0 Å². The molecule has 1 atom stereocenters. The molecule has 6 rings (SSSR count). The van der Waals surface area contributed by atoms with Gasteiger partial charge in [-0.1, -0.05) is 35.3 Å². The van der Waals surface area contributed by atoms with Crippen LogP contribution in [0.1, 0.15) is 27.7 Å². The Labute approximate surface area is 252 Å². The molecule has 1 aliphatic heterocycles. The first kappa shape index (κ1) is 28.8. The van der Waals surface area contributed by atoms with E-state index in [1.807, 2.05) is 77.2 Å². The number of benzene rings is 3. The van der Waals surface area contributed by atoms with E-state index in [0.717, 1.165) is 56.4 Å². The molecular formula is C31H30Cl2N4O3S. The van der Waals surface area contributed by atoms with E-state index in [9.17, 15) is 4.79 Å². The van der Waals surface area contributed by atoms with Crippen LogP contribution in [0.5, 0.6) is 11.5 Å². The van der Waals surface area contributed by atoms with Gasteiger partial charge < -0.3 is 23.9 Å². The van der Waals surface area contributed by atoms with Gasteiger partial charge in [-0.05, 0) is 79.1 Å². The summed E-state index contributed by atoms with van der Waals surface area (Å²) in [7, 11) is 1.63. The second-order valence-electron chi connectivity index (χ2n) is 9.62. The Balaban J connectivity index is 0.000000321. The van der Waals surface area contributed by atoms with Crippen molar-refractivity contribution in [3.8, 4) is 11.5 Å². The second kappa shape index (κ2) is 12.9. The molecule has 0 spiro atoms. The summed E-state index contributed by atoms with van der Waals surface area (Å²) in [4.78, 5) is 18.8. The van der Waals surface area contributed by atoms with Crippen LogP contribution in [0, 0.1) is 12.3 Å². The molecule has 10 heteroatoms. The fourth-order valence-electron chi connectivity index (χ4n) is 5.01. The second-order valence-corrected chi connectivity index (χ2v) is 11.7. The molecular weight excluding hydrogens is 579 g/mol. The van der Waals surface area contributed by atoms with Crippen molar-refractivity contribution < 1.29 is 14.3 Å². The van der Waals surface area contributed by atoms with Crippen LogP contribution in [-0.2, 0) is 17.8 Å². The predicted octanol–water partition coefficient (Wildman–Crippen LogP) is 7.00. The number of thiazole rings is 1. The van der Waals surface area contributed by atoms with Crippen molar-refractivity contribution in [1.29, 1.82) is 5.41 Å². The van der Waals surface area contributed by atoms with Crippen LogP contribution in [0.4, 0.5) is 0 Å². The van der Waals surface area contributed by atoms with Gasteiger partial charge in [-0.15, -0.1) is 11.3 Å². The fraction of sp³-hybridized carbons (Fsp3) is 0.226. The minimum atomic E-state index is -0.174. The van der Waals surface area contributed by atoms with E-state index in [2.05, 4.69) is 4.98 Å². The highest BCUT2D eigenvalue weighted by Crippen LogP contribution is 2.38. The van der Waals surface area contributed by atoms with Crippen molar-refractivity contribution in [3.05, 3.63) is 109 Å². The summed E-state index contributed by atoms with van der Waals surface area (Å²) < 4.78 is 12.7. The fourth-order valence-corrected chi connectivity index (χ4v) is 6.06. The quantitative estimate of drug-likeness (QED) is 0.195. The number of H-pyrrole nitrogens is 1. The first-order valence-electron chi connectivity index (χ1n) is 13.1. The van der Waals surface area contributed by atoms with Crippen molar-refractivity contribution in [2.75, 3.05) is 20.3 Å². The number of aromatic amines is 1. The standard InChI is InChI=1S/C24H23ClN4O2S.C7H7ClO/c1-15-13-28(24(26)32-15)10-11-31-18-5-2-16(3-6-18)23-22-19(8-9-29(23)14-30)20-12-17(25)4-7-21(20)27-22;1-9-7-4-2-6(8)3-5-7/h2-7,12-14,23,26-27H,8-11H2,1H3;2-5H,1H3/t23-;/m0./s1. The molecule has 1 aliphatic rings. The Morgan fingerprint density at radius 1 is 1.05 bits per heavy atom. The zero-order chi connectivity index (χ0) is 28.9.